The van der Waals surface area contributed by atoms with Crippen molar-refractivity contribution < 1.29 is 0 Å². The third-order valence-electron chi connectivity index (χ3n) is 10.1. The first-order valence-electron chi connectivity index (χ1n) is 17.2. The number of hydrogen-bond donors (Lipinski definition) is 0. The van der Waals surface area contributed by atoms with E-state index in [2.05, 4.69) is 203 Å². The zero-order chi connectivity index (χ0) is 33.0. The van der Waals surface area contributed by atoms with E-state index in [-0.39, 0.29) is 0 Å². The highest BCUT2D eigenvalue weighted by Crippen LogP contribution is 2.41. The van der Waals surface area contributed by atoms with Crippen molar-refractivity contribution in [1.29, 1.82) is 0 Å². The smallest absolute Gasteiger partial charge is 0.0562 e. The van der Waals surface area contributed by atoms with E-state index >= 15 is 0 Å². The molecule has 2 heterocycles. The van der Waals surface area contributed by atoms with Crippen LogP contribution in [0.3, 0.4) is 0 Å². The highest BCUT2D eigenvalue weighted by Gasteiger charge is 2.19. The van der Waals surface area contributed by atoms with Gasteiger partial charge in [-0.3, -0.25) is 0 Å². The van der Waals surface area contributed by atoms with Gasteiger partial charge < -0.3 is 9.13 Å². The predicted molar refractivity (Wildman–Crippen MR) is 211 cm³/mol. The fourth-order valence-electron chi connectivity index (χ4n) is 7.78. The number of nitrogens with zero attached hydrogens (tertiary/aromatic N) is 2. The minimum Gasteiger partial charge on any atom is -0.309 e. The van der Waals surface area contributed by atoms with Gasteiger partial charge in [0.25, 0.3) is 0 Å². The summed E-state index contributed by atoms with van der Waals surface area (Å²) in [7, 11) is 0. The zero-order valence-corrected chi connectivity index (χ0v) is 27.4. The molecule has 0 N–H and O–H groups in total. The molecule has 8 aromatic carbocycles. The summed E-state index contributed by atoms with van der Waals surface area (Å²) in [6.07, 6.45) is 0. The van der Waals surface area contributed by atoms with Gasteiger partial charge in [0.15, 0.2) is 0 Å². The Morgan fingerprint density at radius 2 is 0.640 bits per heavy atom. The van der Waals surface area contributed by atoms with Gasteiger partial charge in [-0.25, -0.2) is 0 Å². The number of benzene rings is 8. The summed E-state index contributed by atoms with van der Waals surface area (Å²) < 4.78 is 4.88. The molecule has 0 spiro atoms. The monoisotopic (exact) mass is 636 g/mol. The van der Waals surface area contributed by atoms with Gasteiger partial charge >= 0.3 is 0 Å². The topological polar surface area (TPSA) is 9.86 Å². The van der Waals surface area contributed by atoms with E-state index in [0.717, 1.165) is 11.4 Å². The van der Waals surface area contributed by atoms with Gasteiger partial charge in [0, 0.05) is 32.9 Å². The van der Waals surface area contributed by atoms with Gasteiger partial charge in [-0.1, -0.05) is 133 Å². The molecule has 0 aliphatic heterocycles. The van der Waals surface area contributed by atoms with Crippen molar-refractivity contribution in [3.05, 3.63) is 194 Å². The molecule has 0 saturated carbocycles. The summed E-state index contributed by atoms with van der Waals surface area (Å²) in [5, 5.41) is 5.02. The molecule has 50 heavy (non-hydrogen) atoms. The molecule has 0 bridgehead atoms. The summed E-state index contributed by atoms with van der Waals surface area (Å²) >= 11 is 0. The van der Waals surface area contributed by atoms with Crippen LogP contribution < -0.4 is 0 Å². The van der Waals surface area contributed by atoms with Crippen LogP contribution in [0.25, 0.3) is 88.4 Å². The standard InChI is InChI=1S/C48H32N2/c1-4-15-33(16-5-1)35-19-14-20-36(27-35)38-28-37(34-17-6-2-7-18-34)29-40(30-38)50-46-26-13-11-24-42(46)44-31-43-41-23-10-12-25-45(41)49(47(43)32-48(44)50)39-21-8-3-9-22-39/h1-32H. The van der Waals surface area contributed by atoms with Crippen LogP contribution in [-0.4, -0.2) is 9.13 Å². The van der Waals surface area contributed by atoms with Crippen LogP contribution in [0.1, 0.15) is 0 Å². The average Bonchev–Trinajstić information content (AvgIpc) is 3.70. The Bertz CT molecular complexity index is 2840. The largest absolute Gasteiger partial charge is 0.309 e. The van der Waals surface area contributed by atoms with Gasteiger partial charge in [-0.15, -0.1) is 0 Å². The van der Waals surface area contributed by atoms with Crippen LogP contribution in [0.15, 0.2) is 194 Å². The van der Waals surface area contributed by atoms with Crippen molar-refractivity contribution in [2.45, 2.75) is 0 Å². The Balaban J connectivity index is 1.28. The Hall–Kier alpha value is -6.64. The lowest BCUT2D eigenvalue weighted by Crippen LogP contribution is -1.97. The summed E-state index contributed by atoms with van der Waals surface area (Å²) in [6.45, 7) is 0. The SMILES string of the molecule is c1ccc(-c2cccc(-c3cc(-c4ccccc4)cc(-n4c5ccccc5c5cc6c7ccccc7n(-c7ccccc7)c6cc54)c3)c2)cc1. The molecular formula is C48H32N2. The Labute approximate surface area is 290 Å². The molecule has 0 aliphatic rings. The highest BCUT2D eigenvalue weighted by molar-refractivity contribution is 6.19. The summed E-state index contributed by atoms with van der Waals surface area (Å²) in [4.78, 5) is 0. The molecule has 0 radical (unpaired) electrons. The van der Waals surface area contributed by atoms with Gasteiger partial charge in [0.2, 0.25) is 0 Å². The number of rotatable bonds is 5. The molecule has 10 rings (SSSR count). The van der Waals surface area contributed by atoms with Crippen LogP contribution in [0.2, 0.25) is 0 Å². The minimum absolute atomic E-state index is 1.14. The fourth-order valence-corrected chi connectivity index (χ4v) is 7.78. The molecule has 234 valence electrons. The summed E-state index contributed by atoms with van der Waals surface area (Å²) in [5.74, 6) is 0. The van der Waals surface area contributed by atoms with E-state index in [9.17, 15) is 0 Å². The Morgan fingerprint density at radius 3 is 1.24 bits per heavy atom. The van der Waals surface area contributed by atoms with Crippen molar-refractivity contribution in [2.75, 3.05) is 0 Å². The first-order valence-corrected chi connectivity index (χ1v) is 17.2. The normalized spacial score (nSPS) is 11.6. The molecule has 2 heteroatoms. The first-order chi connectivity index (χ1) is 24.8. The molecule has 0 saturated heterocycles. The quantitative estimate of drug-likeness (QED) is 0.178. The van der Waals surface area contributed by atoms with Crippen molar-refractivity contribution in [1.82, 2.24) is 9.13 Å². The number of para-hydroxylation sites is 3. The van der Waals surface area contributed by atoms with E-state index in [1.54, 1.807) is 0 Å². The van der Waals surface area contributed by atoms with Gasteiger partial charge in [-0.2, -0.15) is 0 Å². The van der Waals surface area contributed by atoms with Crippen LogP contribution in [0, 0.1) is 0 Å². The predicted octanol–water partition coefficient (Wildman–Crippen LogP) is 12.9. The van der Waals surface area contributed by atoms with Gasteiger partial charge in [0.1, 0.15) is 0 Å². The molecule has 0 aliphatic carbocycles. The Kier molecular flexibility index (Phi) is 6.53. The second-order valence-corrected chi connectivity index (χ2v) is 13.0. The van der Waals surface area contributed by atoms with Crippen LogP contribution in [0.5, 0.6) is 0 Å². The van der Waals surface area contributed by atoms with Crippen molar-refractivity contribution in [3.8, 4) is 44.8 Å². The van der Waals surface area contributed by atoms with Crippen LogP contribution in [0.4, 0.5) is 0 Å². The van der Waals surface area contributed by atoms with Crippen LogP contribution >= 0.6 is 0 Å². The van der Waals surface area contributed by atoms with Gasteiger partial charge in [-0.05, 0) is 94.0 Å². The van der Waals surface area contributed by atoms with Crippen LogP contribution in [-0.2, 0) is 0 Å². The van der Waals surface area contributed by atoms with E-state index in [1.807, 2.05) is 0 Å². The number of aromatic nitrogens is 2. The molecule has 2 aromatic heterocycles. The highest BCUT2D eigenvalue weighted by atomic mass is 15.0. The lowest BCUT2D eigenvalue weighted by atomic mass is 9.95. The Morgan fingerprint density at radius 1 is 0.220 bits per heavy atom. The van der Waals surface area contributed by atoms with Crippen molar-refractivity contribution in [3.63, 3.8) is 0 Å². The summed E-state index contributed by atoms with van der Waals surface area (Å²) in [5.41, 5.74) is 14.3. The average molecular weight is 637 g/mol. The van der Waals surface area contributed by atoms with Crippen molar-refractivity contribution in [2.24, 2.45) is 0 Å². The minimum atomic E-state index is 1.14. The molecule has 0 atom stereocenters. The number of hydrogen-bond acceptors (Lipinski definition) is 0. The maximum atomic E-state index is 2.47. The van der Waals surface area contributed by atoms with E-state index < -0.39 is 0 Å². The van der Waals surface area contributed by atoms with E-state index in [4.69, 9.17) is 0 Å². The molecule has 0 unspecified atom stereocenters. The first kappa shape index (κ1) is 28.4. The number of fused-ring (bicyclic) bond motifs is 6. The molecule has 0 fully saturated rings. The zero-order valence-electron chi connectivity index (χ0n) is 27.4. The second-order valence-electron chi connectivity index (χ2n) is 13.0. The lowest BCUT2D eigenvalue weighted by molar-refractivity contribution is 1.16. The molecule has 10 aromatic rings. The van der Waals surface area contributed by atoms with E-state index in [0.29, 0.717) is 0 Å². The summed E-state index contributed by atoms with van der Waals surface area (Å²) in [6, 6.07) is 70.5. The molecule has 0 amide bonds. The third-order valence-corrected chi connectivity index (χ3v) is 10.1. The second kappa shape index (κ2) is 11.5. The van der Waals surface area contributed by atoms with Gasteiger partial charge in [0.05, 0.1) is 22.1 Å². The van der Waals surface area contributed by atoms with Crippen molar-refractivity contribution >= 4 is 43.6 Å². The molecule has 2 nitrogen and oxygen atoms in total. The lowest BCUT2D eigenvalue weighted by Gasteiger charge is -2.15. The molecular weight excluding hydrogens is 605 g/mol. The van der Waals surface area contributed by atoms with E-state index in [1.165, 1.54) is 77.0 Å². The maximum absolute atomic E-state index is 2.47. The maximum Gasteiger partial charge on any atom is 0.0562 e. The third kappa shape index (κ3) is 4.57. The fraction of sp³-hybridized carbons (Fsp3) is 0.